The molecule has 0 radical (unpaired) electrons. The number of aryl methyl sites for hydroxylation is 3. The maximum Gasteiger partial charge on any atom is 0.407 e. The molecule has 11 heteroatoms. The lowest BCUT2D eigenvalue weighted by atomic mass is 10.1. The highest BCUT2D eigenvalue weighted by molar-refractivity contribution is 6.30. The van der Waals surface area contributed by atoms with Crippen LogP contribution >= 0.6 is 11.6 Å². The molecule has 0 atom stereocenters. The monoisotopic (exact) mass is 558 g/mol. The molecule has 2 N–H and O–H groups in total. The van der Waals surface area contributed by atoms with E-state index in [1.807, 2.05) is 6.07 Å². The van der Waals surface area contributed by atoms with Gasteiger partial charge in [0, 0.05) is 49.9 Å². The number of aromatic nitrogens is 2. The van der Waals surface area contributed by atoms with Gasteiger partial charge in [0.25, 0.3) is 5.56 Å². The molecule has 2 heterocycles. The Morgan fingerprint density at radius 1 is 1.13 bits per heavy atom. The van der Waals surface area contributed by atoms with Gasteiger partial charge in [-0.2, -0.15) is 0 Å². The number of benzene rings is 1. The van der Waals surface area contributed by atoms with Gasteiger partial charge in [-0.3, -0.25) is 9.59 Å². The summed E-state index contributed by atoms with van der Waals surface area (Å²) in [6.45, 7) is 8.22. The summed E-state index contributed by atoms with van der Waals surface area (Å²) in [6, 6.07) is 7.05. The van der Waals surface area contributed by atoms with E-state index >= 15 is 0 Å². The lowest BCUT2D eigenvalue weighted by Crippen LogP contribution is -2.33. The number of alkyl carbamates (subject to hydrolysis) is 1. The van der Waals surface area contributed by atoms with Crippen molar-refractivity contribution >= 4 is 23.6 Å². The van der Waals surface area contributed by atoms with Crippen molar-refractivity contribution in [3.8, 4) is 0 Å². The summed E-state index contributed by atoms with van der Waals surface area (Å²) in [7, 11) is 1.56. The van der Waals surface area contributed by atoms with Crippen LogP contribution in [0.25, 0.3) is 0 Å². The first-order chi connectivity index (χ1) is 18.4. The molecular weight excluding hydrogens is 524 g/mol. The molecule has 0 saturated carbocycles. The first-order valence-electron chi connectivity index (χ1n) is 12.6. The summed E-state index contributed by atoms with van der Waals surface area (Å²) < 4.78 is 17.2. The molecule has 39 heavy (non-hydrogen) atoms. The SMILES string of the molecule is COCc1nc(CCn2ccc(C)c(CC(=O)NCc3cc(Cl)ccc3CNC(=O)OC(C)(C)C)c2=O)co1. The van der Waals surface area contributed by atoms with Crippen LogP contribution in [0, 0.1) is 6.92 Å². The smallest absolute Gasteiger partial charge is 0.407 e. The highest BCUT2D eigenvalue weighted by Crippen LogP contribution is 2.17. The van der Waals surface area contributed by atoms with E-state index in [1.165, 1.54) is 0 Å². The fourth-order valence-electron chi connectivity index (χ4n) is 3.82. The number of hydrogen-bond acceptors (Lipinski definition) is 7. The lowest BCUT2D eigenvalue weighted by Gasteiger charge is -2.20. The molecule has 0 aliphatic heterocycles. The lowest BCUT2D eigenvalue weighted by molar-refractivity contribution is -0.120. The third kappa shape index (κ3) is 9.26. The second-order valence-electron chi connectivity index (χ2n) is 10.1. The van der Waals surface area contributed by atoms with Crippen LogP contribution in [0.2, 0.25) is 5.02 Å². The fourth-order valence-corrected chi connectivity index (χ4v) is 4.02. The number of nitrogens with one attached hydrogen (secondary N) is 2. The van der Waals surface area contributed by atoms with Gasteiger partial charge < -0.3 is 29.1 Å². The zero-order valence-electron chi connectivity index (χ0n) is 22.9. The number of hydrogen-bond donors (Lipinski definition) is 2. The Morgan fingerprint density at radius 2 is 1.87 bits per heavy atom. The molecule has 0 spiro atoms. The van der Waals surface area contributed by atoms with Crippen molar-refractivity contribution in [1.29, 1.82) is 0 Å². The molecule has 0 fully saturated rings. The second kappa shape index (κ2) is 13.4. The average Bonchev–Trinajstić information content (AvgIpc) is 3.30. The number of halogens is 1. The number of methoxy groups -OCH3 is 1. The van der Waals surface area contributed by atoms with Crippen LogP contribution in [0.5, 0.6) is 0 Å². The topological polar surface area (TPSA) is 125 Å². The summed E-state index contributed by atoms with van der Waals surface area (Å²) in [5, 5.41) is 6.08. The van der Waals surface area contributed by atoms with Crippen molar-refractivity contribution in [2.45, 2.75) is 72.4 Å². The Hall–Kier alpha value is -3.63. The average molecular weight is 559 g/mol. The molecule has 0 unspecified atom stereocenters. The van der Waals surface area contributed by atoms with Gasteiger partial charge in [0.15, 0.2) is 0 Å². The largest absolute Gasteiger partial charge is 0.446 e. The van der Waals surface area contributed by atoms with E-state index in [2.05, 4.69) is 15.6 Å². The Balaban J connectivity index is 1.62. The number of amides is 2. The molecule has 0 bridgehead atoms. The van der Waals surface area contributed by atoms with E-state index in [9.17, 15) is 14.4 Å². The van der Waals surface area contributed by atoms with Gasteiger partial charge in [0.1, 0.15) is 18.5 Å². The van der Waals surface area contributed by atoms with Gasteiger partial charge in [0.2, 0.25) is 11.8 Å². The Kier molecular flexibility index (Phi) is 10.3. The van der Waals surface area contributed by atoms with E-state index in [1.54, 1.807) is 70.0 Å². The number of rotatable bonds is 11. The first-order valence-corrected chi connectivity index (χ1v) is 12.9. The molecule has 10 nitrogen and oxygen atoms in total. The summed E-state index contributed by atoms with van der Waals surface area (Å²) in [4.78, 5) is 42.4. The molecule has 2 aromatic heterocycles. The fraction of sp³-hybridized carbons (Fsp3) is 0.429. The van der Waals surface area contributed by atoms with Crippen molar-refractivity contribution in [2.24, 2.45) is 0 Å². The summed E-state index contributed by atoms with van der Waals surface area (Å²) in [5.74, 6) is 0.171. The van der Waals surface area contributed by atoms with E-state index < -0.39 is 11.7 Å². The maximum atomic E-state index is 13.1. The number of carbonyl (C=O) groups excluding carboxylic acids is 2. The first kappa shape index (κ1) is 29.9. The van der Waals surface area contributed by atoms with Crippen molar-refractivity contribution in [3.05, 3.63) is 85.9 Å². The van der Waals surface area contributed by atoms with Crippen molar-refractivity contribution in [1.82, 2.24) is 20.2 Å². The second-order valence-corrected chi connectivity index (χ2v) is 10.5. The minimum atomic E-state index is -0.612. The number of nitrogens with zero attached hydrogens (tertiary/aromatic N) is 2. The van der Waals surface area contributed by atoms with Crippen LogP contribution in [-0.2, 0) is 53.4 Å². The molecule has 1 aromatic carbocycles. The zero-order valence-corrected chi connectivity index (χ0v) is 23.7. The van der Waals surface area contributed by atoms with Crippen molar-refractivity contribution < 1.29 is 23.5 Å². The minimum Gasteiger partial charge on any atom is -0.446 e. The third-order valence-electron chi connectivity index (χ3n) is 5.78. The Morgan fingerprint density at radius 3 is 2.59 bits per heavy atom. The van der Waals surface area contributed by atoms with Crippen LogP contribution in [0.15, 0.2) is 45.9 Å². The number of carbonyl (C=O) groups is 2. The maximum absolute atomic E-state index is 13.1. The molecule has 0 aliphatic rings. The van der Waals surface area contributed by atoms with Gasteiger partial charge >= 0.3 is 6.09 Å². The molecular formula is C28H35ClN4O6. The molecule has 2 amide bonds. The van der Waals surface area contributed by atoms with Crippen LogP contribution in [0.4, 0.5) is 4.79 Å². The van der Waals surface area contributed by atoms with Crippen LogP contribution in [0.1, 0.15) is 54.6 Å². The third-order valence-corrected chi connectivity index (χ3v) is 6.01. The summed E-state index contributed by atoms with van der Waals surface area (Å²) in [5.41, 5.74) is 2.56. The standard InChI is InChI=1S/C28H35ClN4O6/c1-18-8-10-33(11-9-22-16-38-25(32-22)17-37-5)26(35)23(18)13-24(34)30-15-20-12-21(29)7-6-19(20)14-31-27(36)39-28(2,3)4/h6-8,10,12,16H,9,11,13-15,17H2,1-5H3,(H,30,34)(H,31,36). The van der Waals surface area contributed by atoms with Gasteiger partial charge in [-0.05, 0) is 62.6 Å². The molecule has 0 aliphatic carbocycles. The highest BCUT2D eigenvalue weighted by atomic mass is 35.5. The summed E-state index contributed by atoms with van der Waals surface area (Å²) in [6.07, 6.45) is 3.15. The molecule has 0 saturated heterocycles. The predicted octanol–water partition coefficient (Wildman–Crippen LogP) is 4.07. The quantitative estimate of drug-likeness (QED) is 0.363. The number of ether oxygens (including phenoxy) is 2. The van der Waals surface area contributed by atoms with E-state index in [0.717, 1.165) is 16.7 Å². The minimum absolute atomic E-state index is 0.0699. The van der Waals surface area contributed by atoms with E-state index in [4.69, 9.17) is 25.5 Å². The van der Waals surface area contributed by atoms with Crippen LogP contribution in [0.3, 0.4) is 0 Å². The molecule has 3 rings (SSSR count). The van der Waals surface area contributed by atoms with Gasteiger partial charge in [-0.1, -0.05) is 17.7 Å². The number of pyridine rings is 1. The van der Waals surface area contributed by atoms with Gasteiger partial charge in [0.05, 0.1) is 12.1 Å². The van der Waals surface area contributed by atoms with Crippen LogP contribution < -0.4 is 16.2 Å². The van der Waals surface area contributed by atoms with E-state index in [-0.39, 0.29) is 37.6 Å². The predicted molar refractivity (Wildman–Crippen MR) is 146 cm³/mol. The van der Waals surface area contributed by atoms with Gasteiger partial charge in [-0.15, -0.1) is 0 Å². The zero-order chi connectivity index (χ0) is 28.6. The Labute approximate surface area is 232 Å². The van der Waals surface area contributed by atoms with Crippen molar-refractivity contribution in [2.75, 3.05) is 7.11 Å². The van der Waals surface area contributed by atoms with Crippen LogP contribution in [-0.4, -0.2) is 34.3 Å². The molecule has 3 aromatic rings. The normalized spacial score (nSPS) is 11.3. The summed E-state index contributed by atoms with van der Waals surface area (Å²) >= 11 is 6.18. The van der Waals surface area contributed by atoms with Gasteiger partial charge in [-0.25, -0.2) is 9.78 Å². The number of oxazole rings is 1. The molecule has 210 valence electrons. The van der Waals surface area contributed by atoms with E-state index in [0.29, 0.717) is 35.1 Å². The Bertz CT molecular complexity index is 1360. The van der Waals surface area contributed by atoms with Crippen molar-refractivity contribution in [3.63, 3.8) is 0 Å². The highest BCUT2D eigenvalue weighted by Gasteiger charge is 2.17.